The fourth-order valence-electron chi connectivity index (χ4n) is 4.56. The van der Waals surface area contributed by atoms with Gasteiger partial charge in [-0.05, 0) is 49.6 Å². The quantitative estimate of drug-likeness (QED) is 0.568. The number of amides is 1. The van der Waals surface area contributed by atoms with Gasteiger partial charge >= 0.3 is 0 Å². The van der Waals surface area contributed by atoms with Crippen LogP contribution in [0.3, 0.4) is 0 Å². The van der Waals surface area contributed by atoms with Crippen LogP contribution in [0.4, 0.5) is 0 Å². The standard InChI is InChI=1S/C26H37N3O3/c1-6-20-10-11-24-23(15-20)22(18(3)27-24)16-26(31)29-14-13-28(12-8-9-21(30)7-2)17-25(29)19(4)32-5/h10-11,15,25,27H,4,6-9,12-14,16-17H2,1-3,5H3. The average molecular weight is 440 g/mol. The van der Waals surface area contributed by atoms with Crippen LogP contribution in [0.25, 0.3) is 10.9 Å². The van der Waals surface area contributed by atoms with E-state index in [2.05, 4.69) is 41.6 Å². The van der Waals surface area contributed by atoms with E-state index in [4.69, 9.17) is 4.74 Å². The largest absolute Gasteiger partial charge is 0.499 e. The lowest BCUT2D eigenvalue weighted by Gasteiger charge is -2.41. The molecule has 0 aliphatic carbocycles. The van der Waals surface area contributed by atoms with Crippen molar-refractivity contribution >= 4 is 22.6 Å². The Kier molecular flexibility index (Phi) is 8.13. The first kappa shape index (κ1) is 24.1. The number of hydrogen-bond acceptors (Lipinski definition) is 4. The highest BCUT2D eigenvalue weighted by Crippen LogP contribution is 2.26. The lowest BCUT2D eigenvalue weighted by molar-refractivity contribution is -0.135. The molecule has 1 fully saturated rings. The van der Waals surface area contributed by atoms with E-state index in [9.17, 15) is 9.59 Å². The van der Waals surface area contributed by atoms with Gasteiger partial charge in [-0.3, -0.25) is 14.5 Å². The third-order valence-corrected chi connectivity index (χ3v) is 6.66. The Balaban J connectivity index is 1.73. The van der Waals surface area contributed by atoms with Crippen molar-refractivity contribution in [2.24, 2.45) is 0 Å². The number of benzene rings is 1. The number of piperazine rings is 1. The summed E-state index contributed by atoms with van der Waals surface area (Å²) >= 11 is 0. The zero-order valence-corrected chi connectivity index (χ0v) is 20.0. The number of ketones is 1. The number of carbonyl (C=O) groups excluding carboxylic acids is 2. The molecular formula is C26H37N3O3. The molecule has 0 saturated carbocycles. The Bertz CT molecular complexity index is 978. The fraction of sp³-hybridized carbons (Fsp3) is 0.538. The molecule has 0 bridgehead atoms. The monoisotopic (exact) mass is 439 g/mol. The van der Waals surface area contributed by atoms with Crippen molar-refractivity contribution in [3.63, 3.8) is 0 Å². The number of aromatic amines is 1. The zero-order valence-electron chi connectivity index (χ0n) is 20.0. The molecule has 1 saturated heterocycles. The predicted octanol–water partition coefficient (Wildman–Crippen LogP) is 4.01. The van der Waals surface area contributed by atoms with Gasteiger partial charge in [0.05, 0.1) is 13.5 Å². The van der Waals surface area contributed by atoms with Crippen molar-refractivity contribution < 1.29 is 14.3 Å². The number of methoxy groups -OCH3 is 1. The van der Waals surface area contributed by atoms with Crippen LogP contribution in [0.1, 0.15) is 49.9 Å². The Morgan fingerprint density at radius 2 is 2.03 bits per heavy atom. The summed E-state index contributed by atoms with van der Waals surface area (Å²) in [5.74, 6) is 1.01. The molecule has 1 aromatic heterocycles. The highest BCUT2D eigenvalue weighted by atomic mass is 16.5. The molecular weight excluding hydrogens is 402 g/mol. The molecule has 1 aliphatic heterocycles. The lowest BCUT2D eigenvalue weighted by Crippen LogP contribution is -2.56. The highest BCUT2D eigenvalue weighted by molar-refractivity contribution is 5.90. The molecule has 1 atom stereocenters. The molecule has 32 heavy (non-hydrogen) atoms. The molecule has 1 amide bonds. The van der Waals surface area contributed by atoms with E-state index in [0.717, 1.165) is 48.1 Å². The maximum atomic E-state index is 13.4. The molecule has 0 radical (unpaired) electrons. The van der Waals surface area contributed by atoms with Crippen molar-refractivity contribution in [1.29, 1.82) is 0 Å². The number of ether oxygens (including phenoxy) is 1. The van der Waals surface area contributed by atoms with Crippen molar-refractivity contribution in [2.75, 3.05) is 33.3 Å². The van der Waals surface area contributed by atoms with E-state index in [1.165, 1.54) is 5.56 Å². The first-order valence-electron chi connectivity index (χ1n) is 11.7. The number of nitrogens with zero attached hydrogens (tertiary/aromatic N) is 2. The Morgan fingerprint density at radius 3 is 2.72 bits per heavy atom. The van der Waals surface area contributed by atoms with Gasteiger partial charge in [0.1, 0.15) is 17.6 Å². The minimum absolute atomic E-state index is 0.0971. The van der Waals surface area contributed by atoms with Gasteiger partial charge in [-0.2, -0.15) is 0 Å². The topological polar surface area (TPSA) is 65.6 Å². The second kappa shape index (κ2) is 10.8. The smallest absolute Gasteiger partial charge is 0.227 e. The molecule has 2 aromatic rings. The van der Waals surface area contributed by atoms with Crippen LogP contribution in [0.15, 0.2) is 30.5 Å². The summed E-state index contributed by atoms with van der Waals surface area (Å²) in [6.45, 7) is 13.1. The predicted molar refractivity (Wildman–Crippen MR) is 129 cm³/mol. The van der Waals surface area contributed by atoms with Gasteiger partial charge in [-0.15, -0.1) is 0 Å². The summed E-state index contributed by atoms with van der Waals surface area (Å²) in [5, 5.41) is 1.14. The van der Waals surface area contributed by atoms with Crippen molar-refractivity contribution in [2.45, 2.75) is 58.9 Å². The number of aryl methyl sites for hydroxylation is 2. The summed E-state index contributed by atoms with van der Waals surface area (Å²) in [6.07, 6.45) is 3.39. The van der Waals surface area contributed by atoms with Gasteiger partial charge < -0.3 is 14.6 Å². The number of fused-ring (bicyclic) bond motifs is 1. The molecule has 1 unspecified atom stereocenters. The summed E-state index contributed by atoms with van der Waals surface area (Å²) in [4.78, 5) is 32.7. The number of carbonyl (C=O) groups is 2. The van der Waals surface area contributed by atoms with Crippen molar-refractivity contribution in [1.82, 2.24) is 14.8 Å². The molecule has 0 spiro atoms. The Hall–Kier alpha value is -2.60. The second-order valence-electron chi connectivity index (χ2n) is 8.71. The van der Waals surface area contributed by atoms with E-state index < -0.39 is 0 Å². The maximum absolute atomic E-state index is 13.4. The Labute approximate surface area is 191 Å². The molecule has 2 heterocycles. The number of Topliss-reactive ketones (excluding diaryl/α,β-unsaturated/α-hetero) is 1. The number of hydrogen-bond donors (Lipinski definition) is 1. The third kappa shape index (κ3) is 5.41. The van der Waals surface area contributed by atoms with Crippen molar-refractivity contribution in [3.8, 4) is 0 Å². The fourth-order valence-corrected chi connectivity index (χ4v) is 4.56. The van der Waals surface area contributed by atoms with Gasteiger partial charge in [0.15, 0.2) is 0 Å². The normalized spacial score (nSPS) is 17.0. The minimum Gasteiger partial charge on any atom is -0.499 e. The highest BCUT2D eigenvalue weighted by Gasteiger charge is 2.33. The van der Waals surface area contributed by atoms with Crippen LogP contribution >= 0.6 is 0 Å². The van der Waals surface area contributed by atoms with Gasteiger partial charge in [-0.25, -0.2) is 0 Å². The van der Waals surface area contributed by atoms with Crippen LogP contribution < -0.4 is 0 Å². The van der Waals surface area contributed by atoms with E-state index in [0.29, 0.717) is 43.9 Å². The number of H-pyrrole nitrogens is 1. The molecule has 3 rings (SSSR count). The van der Waals surface area contributed by atoms with Crippen LogP contribution in [-0.2, 0) is 27.2 Å². The van der Waals surface area contributed by atoms with Crippen LogP contribution in [0.5, 0.6) is 0 Å². The van der Waals surface area contributed by atoms with Crippen LogP contribution in [0, 0.1) is 6.92 Å². The van der Waals surface area contributed by atoms with E-state index >= 15 is 0 Å². The Morgan fingerprint density at radius 1 is 1.25 bits per heavy atom. The molecule has 174 valence electrons. The van der Waals surface area contributed by atoms with Gasteiger partial charge in [0, 0.05) is 49.1 Å². The van der Waals surface area contributed by atoms with E-state index in [-0.39, 0.29) is 11.9 Å². The summed E-state index contributed by atoms with van der Waals surface area (Å²) in [6, 6.07) is 6.25. The molecule has 1 N–H and O–H groups in total. The minimum atomic E-state index is -0.181. The summed E-state index contributed by atoms with van der Waals surface area (Å²) in [5.41, 5.74) is 4.46. The number of aromatic nitrogens is 1. The van der Waals surface area contributed by atoms with Gasteiger partial charge in [0.2, 0.25) is 5.91 Å². The zero-order chi connectivity index (χ0) is 23.3. The van der Waals surface area contributed by atoms with Gasteiger partial charge in [0.25, 0.3) is 0 Å². The molecule has 6 heteroatoms. The lowest BCUT2D eigenvalue weighted by atomic mass is 10.0. The van der Waals surface area contributed by atoms with E-state index in [1.807, 2.05) is 18.7 Å². The summed E-state index contributed by atoms with van der Waals surface area (Å²) in [7, 11) is 1.61. The second-order valence-corrected chi connectivity index (χ2v) is 8.71. The first-order valence-corrected chi connectivity index (χ1v) is 11.7. The molecule has 6 nitrogen and oxygen atoms in total. The number of nitrogens with one attached hydrogen (secondary N) is 1. The summed E-state index contributed by atoms with van der Waals surface area (Å²) < 4.78 is 5.46. The van der Waals surface area contributed by atoms with Gasteiger partial charge in [-0.1, -0.05) is 26.5 Å². The maximum Gasteiger partial charge on any atom is 0.227 e. The van der Waals surface area contributed by atoms with Crippen molar-refractivity contribution in [3.05, 3.63) is 47.4 Å². The van der Waals surface area contributed by atoms with Crippen LogP contribution in [0.2, 0.25) is 0 Å². The van der Waals surface area contributed by atoms with Crippen LogP contribution in [-0.4, -0.2) is 65.8 Å². The molecule has 1 aromatic carbocycles. The third-order valence-electron chi connectivity index (χ3n) is 6.66. The number of rotatable bonds is 10. The molecule has 1 aliphatic rings. The SMILES string of the molecule is C=C(OC)C1CN(CCCC(=O)CC)CCN1C(=O)Cc1c(C)[nH]c2ccc(CC)cc12. The average Bonchev–Trinajstić information content (AvgIpc) is 3.12. The first-order chi connectivity index (χ1) is 15.4. The van der Waals surface area contributed by atoms with E-state index in [1.54, 1.807) is 7.11 Å².